The third kappa shape index (κ3) is 5.47. The lowest BCUT2D eigenvalue weighted by Gasteiger charge is -2.28. The average molecular weight is 551 g/mol. The normalized spacial score (nSPS) is 20.7. The van der Waals surface area contributed by atoms with Crippen molar-refractivity contribution in [1.82, 2.24) is 0 Å². The second-order valence-electron chi connectivity index (χ2n) is 9.86. The molecule has 1 N–H and O–H groups in total. The summed E-state index contributed by atoms with van der Waals surface area (Å²) in [4.78, 5) is 52.1. The minimum absolute atomic E-state index is 0.0490. The summed E-state index contributed by atoms with van der Waals surface area (Å²) in [7, 11) is 0. The number of alkyl halides is 3. The number of hydrogen-bond acceptors (Lipinski definition) is 5. The van der Waals surface area contributed by atoms with Gasteiger partial charge in [-0.1, -0.05) is 42.5 Å². The summed E-state index contributed by atoms with van der Waals surface area (Å²) in [5.41, 5.74) is 0.0649. The van der Waals surface area contributed by atoms with Crippen molar-refractivity contribution >= 4 is 35.1 Å². The Morgan fingerprint density at radius 1 is 0.850 bits per heavy atom. The van der Waals surface area contributed by atoms with Gasteiger partial charge in [-0.05, 0) is 67.1 Å². The van der Waals surface area contributed by atoms with Crippen LogP contribution in [0.1, 0.15) is 46.7 Å². The Bertz CT molecular complexity index is 1440. The van der Waals surface area contributed by atoms with Gasteiger partial charge in [0, 0.05) is 0 Å². The summed E-state index contributed by atoms with van der Waals surface area (Å²) in [6.45, 7) is -0.804. The molecule has 0 radical (unpaired) electrons. The molecule has 1 saturated carbocycles. The fourth-order valence-corrected chi connectivity index (χ4v) is 5.45. The third-order valence-electron chi connectivity index (χ3n) is 7.40. The number of esters is 1. The maximum atomic E-state index is 13.3. The van der Waals surface area contributed by atoms with Gasteiger partial charge >= 0.3 is 12.1 Å². The van der Waals surface area contributed by atoms with Crippen LogP contribution in [-0.4, -0.2) is 30.3 Å². The van der Waals surface area contributed by atoms with Crippen LogP contribution in [0.15, 0.2) is 78.9 Å². The smallest absolute Gasteiger partial charge is 0.418 e. The SMILES string of the molecule is O=C(COC(=O)c1ccc(N2C(=O)[C@@H]3CC[C@H](c4ccccc4)C[C@H]3C2=O)cc1)Nc1ccccc1C(F)(F)F. The van der Waals surface area contributed by atoms with Crippen molar-refractivity contribution in [2.24, 2.45) is 11.8 Å². The zero-order chi connectivity index (χ0) is 28.4. The Balaban J connectivity index is 1.20. The molecule has 0 unspecified atom stereocenters. The molecule has 3 amide bonds. The van der Waals surface area contributed by atoms with E-state index >= 15 is 0 Å². The second kappa shape index (κ2) is 11.0. The molecular formula is C30H25F3N2O5. The van der Waals surface area contributed by atoms with E-state index in [1.165, 1.54) is 41.3 Å². The molecule has 3 aromatic carbocycles. The van der Waals surface area contributed by atoms with Crippen molar-refractivity contribution in [1.29, 1.82) is 0 Å². The van der Waals surface area contributed by atoms with Gasteiger partial charge in [0.05, 0.1) is 34.3 Å². The quantitative estimate of drug-likeness (QED) is 0.320. The number of para-hydroxylation sites is 1. The molecule has 2 fully saturated rings. The van der Waals surface area contributed by atoms with Gasteiger partial charge in [0.2, 0.25) is 11.8 Å². The lowest BCUT2D eigenvalue weighted by molar-refractivity contribution is -0.137. The van der Waals surface area contributed by atoms with E-state index in [1.807, 2.05) is 30.3 Å². The van der Waals surface area contributed by atoms with E-state index in [-0.39, 0.29) is 29.2 Å². The molecule has 2 aliphatic rings. The van der Waals surface area contributed by atoms with Crippen molar-refractivity contribution in [3.63, 3.8) is 0 Å². The molecule has 40 heavy (non-hydrogen) atoms. The van der Waals surface area contributed by atoms with E-state index in [0.29, 0.717) is 18.5 Å². The molecule has 1 saturated heterocycles. The Hall–Kier alpha value is -4.47. The topological polar surface area (TPSA) is 92.8 Å². The molecule has 3 atom stereocenters. The van der Waals surface area contributed by atoms with E-state index in [0.717, 1.165) is 24.1 Å². The van der Waals surface area contributed by atoms with Crippen LogP contribution >= 0.6 is 0 Å². The first-order valence-corrected chi connectivity index (χ1v) is 12.8. The largest absolute Gasteiger partial charge is 0.452 e. The van der Waals surface area contributed by atoms with Gasteiger partial charge in [-0.15, -0.1) is 0 Å². The molecule has 0 aromatic heterocycles. The molecule has 1 aliphatic carbocycles. The number of ether oxygens (including phenoxy) is 1. The van der Waals surface area contributed by atoms with Gasteiger partial charge < -0.3 is 10.1 Å². The van der Waals surface area contributed by atoms with Crippen LogP contribution in [0.4, 0.5) is 24.5 Å². The minimum atomic E-state index is -4.66. The van der Waals surface area contributed by atoms with Crippen LogP contribution < -0.4 is 10.2 Å². The van der Waals surface area contributed by atoms with Gasteiger partial charge in [-0.25, -0.2) is 4.79 Å². The van der Waals surface area contributed by atoms with Crippen LogP contribution in [0.5, 0.6) is 0 Å². The molecule has 10 heteroatoms. The van der Waals surface area contributed by atoms with Crippen LogP contribution in [-0.2, 0) is 25.3 Å². The molecule has 3 aromatic rings. The van der Waals surface area contributed by atoms with E-state index in [4.69, 9.17) is 4.74 Å². The highest BCUT2D eigenvalue weighted by Crippen LogP contribution is 2.45. The van der Waals surface area contributed by atoms with Crippen molar-refractivity contribution in [3.05, 3.63) is 95.6 Å². The predicted octanol–water partition coefficient (Wildman–Crippen LogP) is 5.57. The first-order valence-electron chi connectivity index (χ1n) is 12.8. The summed E-state index contributed by atoms with van der Waals surface area (Å²) in [5.74, 6) is -2.92. The molecule has 7 nitrogen and oxygen atoms in total. The summed E-state index contributed by atoms with van der Waals surface area (Å²) in [6, 6.07) is 20.0. The van der Waals surface area contributed by atoms with Crippen LogP contribution in [0.3, 0.4) is 0 Å². The van der Waals surface area contributed by atoms with Crippen molar-refractivity contribution in [3.8, 4) is 0 Å². The lowest BCUT2D eigenvalue weighted by Crippen LogP contribution is -2.30. The Morgan fingerprint density at radius 3 is 2.20 bits per heavy atom. The van der Waals surface area contributed by atoms with Gasteiger partial charge in [0.25, 0.3) is 5.91 Å². The summed E-state index contributed by atoms with van der Waals surface area (Å²) in [5, 5.41) is 2.10. The zero-order valence-electron chi connectivity index (χ0n) is 21.2. The number of imide groups is 1. The predicted molar refractivity (Wildman–Crippen MR) is 139 cm³/mol. The molecule has 0 bridgehead atoms. The molecule has 0 spiro atoms. The number of carbonyl (C=O) groups is 4. The number of nitrogens with zero attached hydrogens (tertiary/aromatic N) is 1. The number of anilines is 2. The van der Waals surface area contributed by atoms with Gasteiger partial charge in [0.15, 0.2) is 6.61 Å². The number of fused-ring (bicyclic) bond motifs is 1. The molecule has 1 heterocycles. The zero-order valence-corrected chi connectivity index (χ0v) is 21.2. The van der Waals surface area contributed by atoms with E-state index < -0.39 is 41.8 Å². The molecule has 206 valence electrons. The van der Waals surface area contributed by atoms with Gasteiger partial charge in [-0.3, -0.25) is 19.3 Å². The number of amides is 3. The molecular weight excluding hydrogens is 525 g/mol. The minimum Gasteiger partial charge on any atom is -0.452 e. The fourth-order valence-electron chi connectivity index (χ4n) is 5.45. The number of carbonyl (C=O) groups excluding carboxylic acids is 4. The highest BCUT2D eigenvalue weighted by Gasteiger charge is 2.50. The molecule has 1 aliphatic heterocycles. The maximum absolute atomic E-state index is 13.3. The van der Waals surface area contributed by atoms with Crippen LogP contribution in [0.25, 0.3) is 0 Å². The lowest BCUT2D eigenvalue weighted by atomic mass is 9.73. The van der Waals surface area contributed by atoms with E-state index in [1.54, 1.807) is 0 Å². The number of benzene rings is 3. The highest BCUT2D eigenvalue weighted by atomic mass is 19.4. The molecule has 5 rings (SSSR count). The number of nitrogens with one attached hydrogen (secondary N) is 1. The van der Waals surface area contributed by atoms with Crippen molar-refractivity contribution < 1.29 is 37.1 Å². The number of halogens is 3. The first kappa shape index (κ1) is 27.1. The average Bonchev–Trinajstić information content (AvgIpc) is 3.20. The summed E-state index contributed by atoms with van der Waals surface area (Å²) >= 11 is 0. The second-order valence-corrected chi connectivity index (χ2v) is 9.86. The van der Waals surface area contributed by atoms with Crippen LogP contribution in [0.2, 0.25) is 0 Å². The van der Waals surface area contributed by atoms with E-state index in [2.05, 4.69) is 5.32 Å². The van der Waals surface area contributed by atoms with Crippen molar-refractivity contribution in [2.45, 2.75) is 31.4 Å². The maximum Gasteiger partial charge on any atom is 0.418 e. The number of rotatable bonds is 6. The fraction of sp³-hybridized carbons (Fsp3) is 0.267. The number of hydrogen-bond donors (Lipinski definition) is 1. The monoisotopic (exact) mass is 550 g/mol. The van der Waals surface area contributed by atoms with Crippen LogP contribution in [0, 0.1) is 11.8 Å². The summed E-state index contributed by atoms with van der Waals surface area (Å²) in [6.07, 6.45) is -2.64. The first-order chi connectivity index (χ1) is 19.1. The highest BCUT2D eigenvalue weighted by molar-refractivity contribution is 6.22. The Morgan fingerprint density at radius 2 is 1.50 bits per heavy atom. The Kier molecular flexibility index (Phi) is 7.42. The van der Waals surface area contributed by atoms with E-state index in [9.17, 15) is 32.3 Å². The third-order valence-corrected chi connectivity index (χ3v) is 7.40. The summed E-state index contributed by atoms with van der Waals surface area (Å²) < 4.78 is 44.3. The van der Waals surface area contributed by atoms with Crippen molar-refractivity contribution in [2.75, 3.05) is 16.8 Å². The van der Waals surface area contributed by atoms with Gasteiger partial charge in [0.1, 0.15) is 0 Å². The standard InChI is InChI=1S/C30H25F3N2O5/c31-30(32,33)24-8-4-5-9-25(24)34-26(36)17-40-29(39)19-10-13-21(14-11-19)35-27(37)22-15-12-20(16-23(22)28(35)38)18-6-2-1-3-7-18/h1-11,13-14,20,22-23H,12,15-17H2,(H,34,36)/t20-,22+,23+/m0/s1. The van der Waals surface area contributed by atoms with Gasteiger partial charge in [-0.2, -0.15) is 13.2 Å². The Labute approximate surface area is 227 Å².